The third kappa shape index (κ3) is 7.96. The van der Waals surface area contributed by atoms with Crippen molar-refractivity contribution in [1.29, 1.82) is 0 Å². The predicted octanol–water partition coefficient (Wildman–Crippen LogP) is 4.67. The van der Waals surface area contributed by atoms with Gasteiger partial charge in [0.25, 0.3) is 15.9 Å². The van der Waals surface area contributed by atoms with Crippen molar-refractivity contribution in [3.05, 3.63) is 71.7 Å². The molecule has 1 N–H and O–H groups in total. The Kier molecular flexibility index (Phi) is 9.71. The Balaban J connectivity index is 1.19. The lowest BCUT2D eigenvalue weighted by molar-refractivity contribution is 0.0976. The number of sulfonamides is 1. The molecule has 2 aromatic heterocycles. The molecule has 2 aliphatic rings. The number of nitrogens with one attached hydrogen (secondary N) is 1. The van der Waals surface area contributed by atoms with Gasteiger partial charge in [0.15, 0.2) is 11.6 Å². The standard InChI is InChI=1S/C30H34F2N4O6S/c1-2-25(24-10-7-21(17-33-24)41-19-20-5-6-20)42-26-11-9-23(28(31)29(26)32)30(37)35-43(38,39)22-8-12-27(34-18-22)40-16-15-36-13-3-4-14-36/h7-12,17-18,20,25H,2-6,13-16,19H2,1H3,(H,35,37)/t25-/m1/s1. The van der Waals surface area contributed by atoms with Crippen molar-refractivity contribution < 1.29 is 36.2 Å². The van der Waals surface area contributed by atoms with Crippen LogP contribution < -0.4 is 18.9 Å². The molecular weight excluding hydrogens is 582 g/mol. The van der Waals surface area contributed by atoms with Crippen LogP contribution in [0.15, 0.2) is 53.7 Å². The van der Waals surface area contributed by atoms with Crippen LogP contribution in [0.5, 0.6) is 17.4 Å². The normalized spacial score (nSPS) is 16.1. The van der Waals surface area contributed by atoms with Crippen molar-refractivity contribution in [2.75, 3.05) is 32.8 Å². The minimum absolute atomic E-state index is 0.228. The summed E-state index contributed by atoms with van der Waals surface area (Å²) in [5, 5.41) is 0. The van der Waals surface area contributed by atoms with E-state index in [1.165, 1.54) is 12.1 Å². The Bertz CT molecular complexity index is 1510. The number of carbonyl (C=O) groups is 1. The molecule has 0 bridgehead atoms. The fourth-order valence-electron chi connectivity index (χ4n) is 4.60. The first-order valence-electron chi connectivity index (χ1n) is 14.3. The van der Waals surface area contributed by atoms with Gasteiger partial charge < -0.3 is 14.2 Å². The second-order valence-corrected chi connectivity index (χ2v) is 12.3. The number of amides is 1. The van der Waals surface area contributed by atoms with Crippen molar-refractivity contribution in [3.63, 3.8) is 0 Å². The van der Waals surface area contributed by atoms with Gasteiger partial charge in [0.05, 0.1) is 30.3 Å². The Labute approximate surface area is 249 Å². The second-order valence-electron chi connectivity index (χ2n) is 10.6. The van der Waals surface area contributed by atoms with Crippen molar-refractivity contribution >= 4 is 15.9 Å². The number of rotatable bonds is 14. The van der Waals surface area contributed by atoms with Gasteiger partial charge in [-0.15, -0.1) is 0 Å². The molecule has 2 fully saturated rings. The van der Waals surface area contributed by atoms with E-state index in [1.54, 1.807) is 30.0 Å². The van der Waals surface area contributed by atoms with Crippen molar-refractivity contribution in [2.45, 2.75) is 50.0 Å². The molecule has 3 aromatic rings. The summed E-state index contributed by atoms with van der Waals surface area (Å²) >= 11 is 0. The molecule has 1 aromatic carbocycles. The maximum atomic E-state index is 15.0. The van der Waals surface area contributed by atoms with E-state index in [9.17, 15) is 22.0 Å². The number of nitrogens with zero attached hydrogens (tertiary/aromatic N) is 3. The van der Waals surface area contributed by atoms with E-state index in [4.69, 9.17) is 14.2 Å². The molecule has 13 heteroatoms. The van der Waals surface area contributed by atoms with Crippen molar-refractivity contribution in [3.8, 4) is 17.4 Å². The molecule has 1 saturated carbocycles. The smallest absolute Gasteiger partial charge is 0.268 e. The Morgan fingerprint density at radius 3 is 2.47 bits per heavy atom. The number of benzene rings is 1. The Morgan fingerprint density at radius 2 is 1.81 bits per heavy atom. The van der Waals surface area contributed by atoms with Gasteiger partial charge in [0, 0.05) is 12.6 Å². The SMILES string of the molecule is CC[C@@H](Oc1ccc(C(=O)NS(=O)(=O)c2ccc(OCCN3CCCC3)nc2)c(F)c1F)c1ccc(OCC2CC2)cn1. The number of carbonyl (C=O) groups excluding carboxylic acids is 1. The average molecular weight is 617 g/mol. The van der Waals surface area contributed by atoms with Gasteiger partial charge in [-0.3, -0.25) is 14.7 Å². The molecule has 0 unspecified atom stereocenters. The van der Waals surface area contributed by atoms with Gasteiger partial charge in [-0.05, 0) is 81.4 Å². The highest BCUT2D eigenvalue weighted by Crippen LogP contribution is 2.31. The van der Waals surface area contributed by atoms with E-state index in [1.807, 2.05) is 0 Å². The predicted molar refractivity (Wildman–Crippen MR) is 153 cm³/mol. The molecule has 1 amide bonds. The molecule has 0 spiro atoms. The van der Waals surface area contributed by atoms with Gasteiger partial charge in [0.1, 0.15) is 23.4 Å². The van der Waals surface area contributed by atoms with Crippen LogP contribution in [0.1, 0.15) is 61.2 Å². The second kappa shape index (κ2) is 13.6. The molecule has 1 aliphatic carbocycles. The maximum absolute atomic E-state index is 15.0. The van der Waals surface area contributed by atoms with Crippen LogP contribution in [0, 0.1) is 17.6 Å². The lowest BCUT2D eigenvalue weighted by Gasteiger charge is -2.18. The molecule has 43 heavy (non-hydrogen) atoms. The summed E-state index contributed by atoms with van der Waals surface area (Å²) in [6, 6.07) is 8.05. The highest BCUT2D eigenvalue weighted by Gasteiger charge is 2.26. The lowest BCUT2D eigenvalue weighted by atomic mass is 10.1. The van der Waals surface area contributed by atoms with Crippen LogP contribution in [0.2, 0.25) is 0 Å². The van der Waals surface area contributed by atoms with Crippen molar-refractivity contribution in [1.82, 2.24) is 19.6 Å². The molecule has 1 aliphatic heterocycles. The van der Waals surface area contributed by atoms with Crippen LogP contribution in [-0.2, 0) is 10.0 Å². The van der Waals surface area contributed by atoms with Crippen LogP contribution >= 0.6 is 0 Å². The number of ether oxygens (including phenoxy) is 3. The highest BCUT2D eigenvalue weighted by atomic mass is 32.2. The van der Waals surface area contributed by atoms with Gasteiger partial charge in [0.2, 0.25) is 11.7 Å². The number of halogens is 2. The fourth-order valence-corrected chi connectivity index (χ4v) is 5.51. The molecule has 1 atom stereocenters. The van der Waals surface area contributed by atoms with E-state index in [0.717, 1.165) is 63.6 Å². The molecule has 1 saturated heterocycles. The highest BCUT2D eigenvalue weighted by molar-refractivity contribution is 7.90. The summed E-state index contributed by atoms with van der Waals surface area (Å²) in [5.74, 6) is -3.32. The van der Waals surface area contributed by atoms with Crippen LogP contribution in [0.4, 0.5) is 8.78 Å². The lowest BCUT2D eigenvalue weighted by Crippen LogP contribution is -2.31. The number of hydrogen-bond donors (Lipinski definition) is 1. The molecule has 5 rings (SSSR count). The van der Waals surface area contributed by atoms with E-state index >= 15 is 0 Å². The number of likely N-dealkylation sites (tertiary alicyclic amines) is 1. The van der Waals surface area contributed by atoms with Crippen LogP contribution in [0.25, 0.3) is 0 Å². The van der Waals surface area contributed by atoms with Gasteiger partial charge in [-0.1, -0.05) is 6.92 Å². The van der Waals surface area contributed by atoms with E-state index in [0.29, 0.717) is 37.0 Å². The zero-order valence-electron chi connectivity index (χ0n) is 23.8. The first-order valence-corrected chi connectivity index (χ1v) is 15.8. The van der Waals surface area contributed by atoms with E-state index in [-0.39, 0.29) is 10.8 Å². The van der Waals surface area contributed by atoms with E-state index in [2.05, 4.69) is 14.9 Å². The zero-order chi connectivity index (χ0) is 30.4. The Morgan fingerprint density at radius 1 is 1.02 bits per heavy atom. The van der Waals surface area contributed by atoms with Gasteiger partial charge in [-0.2, -0.15) is 4.39 Å². The average Bonchev–Trinajstić information content (AvgIpc) is 3.69. The summed E-state index contributed by atoms with van der Waals surface area (Å²) in [5.41, 5.74) is -0.308. The van der Waals surface area contributed by atoms with Crippen LogP contribution in [0.3, 0.4) is 0 Å². The largest absolute Gasteiger partial charge is 0.492 e. The zero-order valence-corrected chi connectivity index (χ0v) is 24.6. The monoisotopic (exact) mass is 616 g/mol. The molecule has 0 radical (unpaired) electrons. The van der Waals surface area contributed by atoms with Crippen LogP contribution in [-0.4, -0.2) is 62.0 Å². The summed E-state index contributed by atoms with van der Waals surface area (Å²) in [4.78, 5) is 22.9. The third-order valence-electron chi connectivity index (χ3n) is 7.31. The Hall–Kier alpha value is -3.84. The third-order valence-corrected chi connectivity index (χ3v) is 8.62. The minimum Gasteiger partial charge on any atom is -0.492 e. The van der Waals surface area contributed by atoms with E-state index < -0.39 is 45.0 Å². The summed E-state index contributed by atoms with van der Waals surface area (Å²) in [6.07, 6.45) is 6.92. The number of hydrogen-bond acceptors (Lipinski definition) is 9. The molecule has 230 valence electrons. The number of aromatic nitrogens is 2. The molecular formula is C30H34F2N4O6S. The van der Waals surface area contributed by atoms with Gasteiger partial charge >= 0.3 is 0 Å². The minimum atomic E-state index is -4.43. The van der Waals surface area contributed by atoms with Gasteiger partial charge in [-0.25, -0.2) is 22.5 Å². The molecule has 10 nitrogen and oxygen atoms in total. The first kappa shape index (κ1) is 30.6. The topological polar surface area (TPSA) is 120 Å². The maximum Gasteiger partial charge on any atom is 0.268 e. The first-order chi connectivity index (χ1) is 20.7. The summed E-state index contributed by atoms with van der Waals surface area (Å²) in [7, 11) is -4.43. The fraction of sp³-hybridized carbons (Fsp3) is 0.433. The summed E-state index contributed by atoms with van der Waals surface area (Å²) in [6.45, 7) is 5.62. The molecule has 3 heterocycles. The number of pyridine rings is 2. The summed E-state index contributed by atoms with van der Waals surface area (Å²) < 4.78 is 74.1. The quantitative estimate of drug-likeness (QED) is 0.276. The van der Waals surface area contributed by atoms with Crippen molar-refractivity contribution in [2.24, 2.45) is 5.92 Å².